The van der Waals surface area contributed by atoms with Crippen LogP contribution in [-0.2, 0) is 32.6 Å². The fourth-order valence-corrected chi connectivity index (χ4v) is 6.75. The molecule has 0 aliphatic heterocycles. The molecule has 1 atom stereocenters. The zero-order chi connectivity index (χ0) is 34.1. The number of anilines is 1. The fourth-order valence-electron chi connectivity index (χ4n) is 5.11. The van der Waals surface area contributed by atoms with Crippen LogP contribution in [0.4, 0.5) is 5.69 Å². The van der Waals surface area contributed by atoms with E-state index in [0.717, 1.165) is 15.4 Å². The van der Waals surface area contributed by atoms with E-state index < -0.39 is 28.5 Å². The molecule has 0 unspecified atom stereocenters. The lowest BCUT2D eigenvalue weighted by atomic mass is 10.0. The number of nitrogens with zero attached hydrogens (tertiary/aromatic N) is 2. The molecule has 0 spiro atoms. The first-order chi connectivity index (χ1) is 22.4. The largest absolute Gasteiger partial charge is 0.493 e. The minimum atomic E-state index is -4.33. The average Bonchev–Trinajstić information content (AvgIpc) is 3.05. The molecule has 0 aromatic heterocycles. The quantitative estimate of drug-likeness (QED) is 0.175. The molecule has 4 aromatic rings. The molecule has 9 nitrogen and oxygen atoms in total. The second-order valence-electron chi connectivity index (χ2n) is 11.4. The maximum atomic E-state index is 14.6. The maximum Gasteiger partial charge on any atom is 0.264 e. The summed E-state index contributed by atoms with van der Waals surface area (Å²) in [6.07, 6.45) is 0.207. The molecule has 2 amide bonds. The molecule has 0 bridgehead atoms. The Morgan fingerprint density at radius 1 is 0.830 bits per heavy atom. The van der Waals surface area contributed by atoms with Crippen LogP contribution in [0.3, 0.4) is 0 Å². The summed E-state index contributed by atoms with van der Waals surface area (Å²) in [5.41, 5.74) is 2.73. The molecule has 248 valence electrons. The van der Waals surface area contributed by atoms with Crippen molar-refractivity contribution in [2.24, 2.45) is 0 Å². The van der Waals surface area contributed by atoms with Crippen molar-refractivity contribution in [2.45, 2.75) is 50.7 Å². The van der Waals surface area contributed by atoms with Crippen molar-refractivity contribution >= 4 is 39.1 Å². The van der Waals surface area contributed by atoms with Crippen LogP contribution in [0.15, 0.2) is 102 Å². The molecule has 4 rings (SSSR count). The highest BCUT2D eigenvalue weighted by atomic mass is 35.5. The predicted octanol–water partition coefficient (Wildman–Crippen LogP) is 6.03. The number of carbonyl (C=O) groups is 2. The summed E-state index contributed by atoms with van der Waals surface area (Å²) in [7, 11) is -1.46. The molecule has 11 heteroatoms. The number of halogens is 1. The number of sulfonamides is 1. The Balaban J connectivity index is 1.83. The van der Waals surface area contributed by atoms with Crippen molar-refractivity contribution < 1.29 is 27.5 Å². The number of aryl methyl sites for hydroxylation is 1. The Bertz CT molecular complexity index is 1780. The van der Waals surface area contributed by atoms with Gasteiger partial charge < -0.3 is 19.7 Å². The maximum absolute atomic E-state index is 14.6. The van der Waals surface area contributed by atoms with Crippen LogP contribution in [-0.4, -0.2) is 58.0 Å². The van der Waals surface area contributed by atoms with Gasteiger partial charge in [-0.1, -0.05) is 71.8 Å². The second kappa shape index (κ2) is 15.8. The SMILES string of the molecule is COc1ccc(S(=O)(=O)N(CC(=O)N(Cc2cccc(Cl)c2)[C@@H](Cc2ccccc2)C(=O)NC(C)C)c2ccc(C)cc2)cc1OC. The van der Waals surface area contributed by atoms with E-state index in [2.05, 4.69) is 5.32 Å². The van der Waals surface area contributed by atoms with Gasteiger partial charge in [0.05, 0.1) is 24.8 Å². The van der Waals surface area contributed by atoms with Crippen molar-refractivity contribution in [3.8, 4) is 11.5 Å². The minimum Gasteiger partial charge on any atom is -0.493 e. The first-order valence-electron chi connectivity index (χ1n) is 15.1. The normalized spacial score (nSPS) is 11.9. The van der Waals surface area contributed by atoms with Crippen molar-refractivity contribution in [1.82, 2.24) is 10.2 Å². The van der Waals surface area contributed by atoms with Crippen LogP contribution in [0.5, 0.6) is 11.5 Å². The molecule has 0 aliphatic rings. The van der Waals surface area contributed by atoms with Gasteiger partial charge in [0.15, 0.2) is 11.5 Å². The molecule has 47 heavy (non-hydrogen) atoms. The summed E-state index contributed by atoms with van der Waals surface area (Å²) >= 11 is 6.31. The summed E-state index contributed by atoms with van der Waals surface area (Å²) < 4.78 is 40.4. The zero-order valence-corrected chi connectivity index (χ0v) is 28.7. The molecule has 4 aromatic carbocycles. The van der Waals surface area contributed by atoms with Crippen molar-refractivity contribution in [3.05, 3.63) is 119 Å². The van der Waals surface area contributed by atoms with E-state index in [9.17, 15) is 18.0 Å². The van der Waals surface area contributed by atoms with Crippen LogP contribution in [0.1, 0.15) is 30.5 Å². The molecule has 0 saturated carbocycles. The van der Waals surface area contributed by atoms with E-state index in [-0.39, 0.29) is 41.2 Å². The monoisotopic (exact) mass is 677 g/mol. The zero-order valence-electron chi connectivity index (χ0n) is 27.1. The van der Waals surface area contributed by atoms with E-state index in [4.69, 9.17) is 21.1 Å². The first kappa shape index (κ1) is 35.3. The van der Waals surface area contributed by atoms with E-state index in [1.807, 2.05) is 57.2 Å². The third kappa shape index (κ3) is 9.05. The summed E-state index contributed by atoms with van der Waals surface area (Å²) in [5.74, 6) is -0.352. The number of carbonyl (C=O) groups excluding carboxylic acids is 2. The molecule has 0 heterocycles. The van der Waals surface area contributed by atoms with Gasteiger partial charge in [-0.25, -0.2) is 8.42 Å². The Labute approximate surface area is 282 Å². The highest BCUT2D eigenvalue weighted by Gasteiger charge is 2.35. The number of methoxy groups -OCH3 is 2. The first-order valence-corrected chi connectivity index (χ1v) is 16.9. The molecule has 0 radical (unpaired) electrons. The number of hydrogen-bond donors (Lipinski definition) is 1. The van der Waals surface area contributed by atoms with Gasteiger partial charge in [-0.2, -0.15) is 0 Å². The molecule has 0 saturated heterocycles. The van der Waals surface area contributed by atoms with Gasteiger partial charge in [0.2, 0.25) is 11.8 Å². The average molecular weight is 678 g/mol. The van der Waals surface area contributed by atoms with Crippen LogP contribution < -0.4 is 19.1 Å². The van der Waals surface area contributed by atoms with Gasteiger partial charge in [0, 0.05) is 30.1 Å². The number of benzene rings is 4. The molecule has 1 N–H and O–H groups in total. The Hall–Kier alpha value is -4.54. The van der Waals surface area contributed by atoms with Gasteiger partial charge in [-0.3, -0.25) is 13.9 Å². The number of amides is 2. The summed E-state index contributed by atoms with van der Waals surface area (Å²) in [6, 6.07) is 26.3. The smallest absolute Gasteiger partial charge is 0.264 e. The molecule has 0 aliphatic carbocycles. The lowest BCUT2D eigenvalue weighted by Crippen LogP contribution is -2.54. The molecular formula is C36H40ClN3O6S. The summed E-state index contributed by atoms with van der Waals surface area (Å²) in [5, 5.41) is 3.42. The van der Waals surface area contributed by atoms with Gasteiger partial charge in [-0.15, -0.1) is 0 Å². The fraction of sp³-hybridized carbons (Fsp3) is 0.278. The molecule has 0 fully saturated rings. The van der Waals surface area contributed by atoms with Crippen molar-refractivity contribution in [2.75, 3.05) is 25.1 Å². The number of nitrogens with one attached hydrogen (secondary N) is 1. The Morgan fingerprint density at radius 2 is 1.49 bits per heavy atom. The Kier molecular flexibility index (Phi) is 11.9. The molecular weight excluding hydrogens is 638 g/mol. The highest BCUT2D eigenvalue weighted by Crippen LogP contribution is 2.32. The van der Waals surface area contributed by atoms with Gasteiger partial charge in [0.1, 0.15) is 12.6 Å². The van der Waals surface area contributed by atoms with E-state index >= 15 is 0 Å². The predicted molar refractivity (Wildman–Crippen MR) is 184 cm³/mol. The third-order valence-electron chi connectivity index (χ3n) is 7.49. The second-order valence-corrected chi connectivity index (χ2v) is 13.7. The lowest BCUT2D eigenvalue weighted by molar-refractivity contribution is -0.140. The Morgan fingerprint density at radius 3 is 2.11 bits per heavy atom. The van der Waals surface area contributed by atoms with E-state index in [0.29, 0.717) is 16.3 Å². The van der Waals surface area contributed by atoms with E-state index in [1.54, 1.807) is 42.5 Å². The van der Waals surface area contributed by atoms with Gasteiger partial charge in [0.25, 0.3) is 10.0 Å². The highest BCUT2D eigenvalue weighted by molar-refractivity contribution is 7.92. The third-order valence-corrected chi connectivity index (χ3v) is 9.49. The summed E-state index contributed by atoms with van der Waals surface area (Å²) in [4.78, 5) is 29.7. The number of rotatable bonds is 14. The van der Waals surface area contributed by atoms with Crippen molar-refractivity contribution in [1.29, 1.82) is 0 Å². The van der Waals surface area contributed by atoms with Gasteiger partial charge >= 0.3 is 0 Å². The van der Waals surface area contributed by atoms with Crippen LogP contribution >= 0.6 is 11.6 Å². The topological polar surface area (TPSA) is 105 Å². The standard InChI is InChI=1S/C36H40ClN3O6S/c1-25(2)38-36(42)32(21-27-10-7-6-8-11-27)39(23-28-12-9-13-29(37)20-28)35(41)24-40(30-16-14-26(3)15-17-30)47(43,44)31-18-19-33(45-4)34(22-31)46-5/h6-20,22,25,32H,21,23-24H2,1-5H3,(H,38,42)/t32-/m0/s1. The van der Waals surface area contributed by atoms with Crippen LogP contribution in [0, 0.1) is 6.92 Å². The van der Waals surface area contributed by atoms with Crippen LogP contribution in [0.2, 0.25) is 5.02 Å². The number of hydrogen-bond acceptors (Lipinski definition) is 6. The lowest BCUT2D eigenvalue weighted by Gasteiger charge is -2.34. The van der Waals surface area contributed by atoms with Crippen LogP contribution in [0.25, 0.3) is 0 Å². The van der Waals surface area contributed by atoms with E-state index in [1.165, 1.54) is 37.3 Å². The van der Waals surface area contributed by atoms with Crippen molar-refractivity contribution in [3.63, 3.8) is 0 Å². The van der Waals surface area contributed by atoms with Gasteiger partial charge in [-0.05, 0) is 68.3 Å². The minimum absolute atomic E-state index is 0.0144. The number of ether oxygens (including phenoxy) is 2. The summed E-state index contributed by atoms with van der Waals surface area (Å²) in [6.45, 7) is 5.00.